The number of likely N-dealkylation sites (N-methyl/N-ethyl adjacent to an activating group) is 1. The molecule has 0 radical (unpaired) electrons. The summed E-state index contributed by atoms with van der Waals surface area (Å²) in [6, 6.07) is 7.83. The SMILES string of the molecule is CN1CCC[C@H]1COc1nc(N2CCC3(CC2)CNC3)c2cc(Cl)c(-c3cccc4c3C(=O)CC4)c(F)c2n1. The van der Waals surface area contributed by atoms with E-state index >= 15 is 4.39 Å². The molecule has 7 nitrogen and oxygen atoms in total. The van der Waals surface area contributed by atoms with Crippen molar-refractivity contribution in [1.29, 1.82) is 0 Å². The number of ketones is 1. The largest absolute Gasteiger partial charge is 0.462 e. The second kappa shape index (κ2) is 9.68. The van der Waals surface area contributed by atoms with Gasteiger partial charge in [-0.25, -0.2) is 4.39 Å². The van der Waals surface area contributed by atoms with Crippen molar-refractivity contribution in [2.75, 3.05) is 51.3 Å². The van der Waals surface area contributed by atoms with E-state index < -0.39 is 5.82 Å². The molecule has 3 saturated heterocycles. The lowest BCUT2D eigenvalue weighted by Gasteiger charge is -2.48. The smallest absolute Gasteiger partial charge is 0.319 e. The number of ether oxygens (including phenoxy) is 1. The number of benzene rings is 2. The molecule has 1 aromatic heterocycles. The van der Waals surface area contributed by atoms with Gasteiger partial charge in [0.15, 0.2) is 11.6 Å². The maximum atomic E-state index is 16.6. The van der Waals surface area contributed by atoms with Crippen molar-refractivity contribution < 1.29 is 13.9 Å². The van der Waals surface area contributed by atoms with Crippen molar-refractivity contribution in [2.45, 2.75) is 44.6 Å². The lowest BCUT2D eigenvalue weighted by atomic mass is 9.73. The lowest BCUT2D eigenvalue weighted by molar-refractivity contribution is 0.0995. The number of Topliss-reactive ketones (excluding diaryl/α,β-unsaturated/α-hetero) is 1. The van der Waals surface area contributed by atoms with Crippen LogP contribution in [0.2, 0.25) is 5.02 Å². The first kappa shape index (κ1) is 25.2. The van der Waals surface area contributed by atoms with Crippen LogP contribution in [0, 0.1) is 11.2 Å². The summed E-state index contributed by atoms with van der Waals surface area (Å²) in [6.45, 7) is 5.27. The number of likely N-dealkylation sites (tertiary alicyclic amines) is 1. The maximum Gasteiger partial charge on any atom is 0.319 e. The number of aromatic nitrogens is 2. The number of piperidine rings is 1. The molecule has 204 valence electrons. The zero-order valence-electron chi connectivity index (χ0n) is 22.2. The number of hydrogen-bond donors (Lipinski definition) is 1. The number of anilines is 1. The molecule has 0 saturated carbocycles. The fraction of sp³-hybridized carbons (Fsp3) is 0.500. The minimum absolute atomic E-state index is 0.0250. The van der Waals surface area contributed by atoms with Crippen LogP contribution in [0.25, 0.3) is 22.0 Å². The number of nitrogens with one attached hydrogen (secondary N) is 1. The molecule has 4 aliphatic rings. The Hall–Kier alpha value is -2.81. The predicted octanol–water partition coefficient (Wildman–Crippen LogP) is 4.88. The van der Waals surface area contributed by atoms with Crippen LogP contribution in [-0.2, 0) is 6.42 Å². The van der Waals surface area contributed by atoms with Gasteiger partial charge in [0.25, 0.3) is 0 Å². The van der Waals surface area contributed by atoms with Gasteiger partial charge in [-0.2, -0.15) is 9.97 Å². The molecule has 39 heavy (non-hydrogen) atoms. The van der Waals surface area contributed by atoms with Gasteiger partial charge in [-0.1, -0.05) is 29.8 Å². The summed E-state index contributed by atoms with van der Waals surface area (Å²) < 4.78 is 22.7. The Labute approximate surface area is 232 Å². The molecule has 1 atom stereocenters. The fourth-order valence-electron chi connectivity index (χ4n) is 6.82. The molecule has 7 rings (SSSR count). The van der Waals surface area contributed by atoms with E-state index in [1.165, 1.54) is 0 Å². The average molecular weight is 550 g/mol. The van der Waals surface area contributed by atoms with Gasteiger partial charge in [-0.3, -0.25) is 4.79 Å². The maximum absolute atomic E-state index is 16.6. The fourth-order valence-corrected chi connectivity index (χ4v) is 7.11. The summed E-state index contributed by atoms with van der Waals surface area (Å²) in [5.74, 6) is 0.157. The topological polar surface area (TPSA) is 70.6 Å². The Kier molecular flexibility index (Phi) is 6.25. The molecule has 0 amide bonds. The Bertz CT molecular complexity index is 1470. The molecule has 1 N–H and O–H groups in total. The third kappa shape index (κ3) is 4.28. The number of hydrogen-bond acceptors (Lipinski definition) is 7. The molecule has 1 aliphatic carbocycles. The van der Waals surface area contributed by atoms with Crippen molar-refractivity contribution in [1.82, 2.24) is 20.2 Å². The second-order valence-corrected chi connectivity index (χ2v) is 12.1. The molecule has 1 spiro atoms. The third-order valence-electron chi connectivity index (χ3n) is 9.36. The first-order valence-corrected chi connectivity index (χ1v) is 14.4. The molecule has 9 heteroatoms. The summed E-state index contributed by atoms with van der Waals surface area (Å²) in [4.78, 5) is 26.7. The summed E-state index contributed by atoms with van der Waals surface area (Å²) in [6.07, 6.45) is 5.41. The van der Waals surface area contributed by atoms with Crippen LogP contribution in [0.4, 0.5) is 10.2 Å². The van der Waals surface area contributed by atoms with Crippen molar-refractivity contribution in [3.8, 4) is 17.1 Å². The summed E-state index contributed by atoms with van der Waals surface area (Å²) in [7, 11) is 2.10. The van der Waals surface area contributed by atoms with E-state index in [0.29, 0.717) is 47.2 Å². The van der Waals surface area contributed by atoms with E-state index in [2.05, 4.69) is 27.1 Å². The molecule has 3 aliphatic heterocycles. The quantitative estimate of drug-likeness (QED) is 0.486. The molecule has 3 aromatic rings. The van der Waals surface area contributed by atoms with Crippen molar-refractivity contribution >= 4 is 34.1 Å². The van der Waals surface area contributed by atoms with Gasteiger partial charge < -0.3 is 19.9 Å². The Morgan fingerprint density at radius 2 is 1.97 bits per heavy atom. The predicted molar refractivity (Wildman–Crippen MR) is 150 cm³/mol. The van der Waals surface area contributed by atoms with Gasteiger partial charge in [0.05, 0.1) is 5.02 Å². The highest BCUT2D eigenvalue weighted by Gasteiger charge is 2.40. The molecule has 4 heterocycles. The third-order valence-corrected chi connectivity index (χ3v) is 9.66. The van der Waals surface area contributed by atoms with Crippen LogP contribution in [0.5, 0.6) is 6.01 Å². The van der Waals surface area contributed by atoms with Gasteiger partial charge in [0.2, 0.25) is 0 Å². The van der Waals surface area contributed by atoms with Gasteiger partial charge in [0, 0.05) is 55.2 Å². The van der Waals surface area contributed by atoms with Gasteiger partial charge in [-0.15, -0.1) is 0 Å². The highest BCUT2D eigenvalue weighted by molar-refractivity contribution is 6.34. The highest BCUT2D eigenvalue weighted by atomic mass is 35.5. The van der Waals surface area contributed by atoms with Crippen LogP contribution in [0.1, 0.15) is 48.0 Å². The molecule has 0 bridgehead atoms. The zero-order valence-corrected chi connectivity index (χ0v) is 23.0. The number of aryl methyl sites for hydroxylation is 1. The number of rotatable bonds is 5. The minimum atomic E-state index is -0.534. The van der Waals surface area contributed by atoms with E-state index in [9.17, 15) is 4.79 Å². The van der Waals surface area contributed by atoms with Crippen LogP contribution in [0.3, 0.4) is 0 Å². The molecule has 0 unspecified atom stereocenters. The number of nitrogens with zero attached hydrogens (tertiary/aromatic N) is 4. The van der Waals surface area contributed by atoms with Gasteiger partial charge in [0.1, 0.15) is 17.9 Å². The monoisotopic (exact) mass is 549 g/mol. The van der Waals surface area contributed by atoms with Gasteiger partial charge in [-0.05, 0) is 68.3 Å². The molecular formula is C30H33ClFN5O2. The number of fused-ring (bicyclic) bond motifs is 2. The van der Waals surface area contributed by atoms with Crippen molar-refractivity contribution in [2.24, 2.45) is 5.41 Å². The Morgan fingerprint density at radius 3 is 2.69 bits per heavy atom. The minimum Gasteiger partial charge on any atom is -0.462 e. The molecule has 3 fully saturated rings. The highest BCUT2D eigenvalue weighted by Crippen LogP contribution is 2.43. The number of carbonyl (C=O) groups is 1. The summed E-state index contributed by atoms with van der Waals surface area (Å²) >= 11 is 6.81. The van der Waals surface area contributed by atoms with E-state index in [1.807, 2.05) is 12.1 Å². The van der Waals surface area contributed by atoms with E-state index in [-0.39, 0.29) is 33.9 Å². The summed E-state index contributed by atoms with van der Waals surface area (Å²) in [5, 5.41) is 4.25. The standard InChI is InChI=1S/C30H33ClFN5O2/c1-36-11-3-5-19(36)15-39-29-34-27-21(28(35-29)37-12-9-30(10-13-37)16-33-17-30)14-22(31)25(26(27)32)20-6-2-4-18-7-8-23(38)24(18)20/h2,4,6,14,19,33H,3,5,7-13,15-17H2,1H3/t19-/m0/s1. The normalized spacial score (nSPS) is 22.5. The molecule has 2 aromatic carbocycles. The first-order valence-electron chi connectivity index (χ1n) is 14.1. The van der Waals surface area contributed by atoms with Crippen molar-refractivity contribution in [3.63, 3.8) is 0 Å². The molecular weight excluding hydrogens is 517 g/mol. The Balaban J connectivity index is 1.33. The average Bonchev–Trinajstić information content (AvgIpc) is 3.51. The van der Waals surface area contributed by atoms with Crippen molar-refractivity contribution in [3.05, 3.63) is 46.2 Å². The lowest BCUT2D eigenvalue weighted by Crippen LogP contribution is -2.58. The van der Waals surface area contributed by atoms with E-state index in [4.69, 9.17) is 21.3 Å². The van der Waals surface area contributed by atoms with Gasteiger partial charge >= 0.3 is 6.01 Å². The summed E-state index contributed by atoms with van der Waals surface area (Å²) in [5.41, 5.74) is 2.81. The first-order chi connectivity index (χ1) is 18.9. The van der Waals surface area contributed by atoms with Crippen LogP contribution >= 0.6 is 11.6 Å². The van der Waals surface area contributed by atoms with Crippen LogP contribution < -0.4 is 15.0 Å². The van der Waals surface area contributed by atoms with Crippen LogP contribution in [-0.4, -0.2) is 73.1 Å². The second-order valence-electron chi connectivity index (χ2n) is 11.7. The number of carbonyl (C=O) groups excluding carboxylic acids is 1. The van der Waals surface area contributed by atoms with Crippen LogP contribution in [0.15, 0.2) is 24.3 Å². The van der Waals surface area contributed by atoms with E-state index in [0.717, 1.165) is 64.0 Å². The Morgan fingerprint density at radius 1 is 1.15 bits per heavy atom. The zero-order chi connectivity index (χ0) is 26.7. The number of halogens is 2. The van der Waals surface area contributed by atoms with E-state index in [1.54, 1.807) is 12.1 Å².